The number of nitrogens with zero attached hydrogens (tertiary/aromatic N) is 4. The van der Waals surface area contributed by atoms with E-state index in [9.17, 15) is 10.1 Å². The van der Waals surface area contributed by atoms with Crippen LogP contribution < -0.4 is 10.1 Å². The quantitative estimate of drug-likeness (QED) is 0.270. The minimum absolute atomic E-state index is 0.154. The second-order valence-electron chi connectivity index (χ2n) is 8.11. The maximum atomic E-state index is 12.8. The second kappa shape index (κ2) is 12.2. The summed E-state index contributed by atoms with van der Waals surface area (Å²) in [4.78, 5) is 14.0. The summed E-state index contributed by atoms with van der Waals surface area (Å²) in [5.41, 5.74) is 1.75. The van der Waals surface area contributed by atoms with Gasteiger partial charge in [-0.25, -0.2) is 0 Å². The molecule has 1 aliphatic carbocycles. The molecule has 0 saturated carbocycles. The predicted octanol–water partition coefficient (Wildman–Crippen LogP) is 6.02. The molecule has 0 atom stereocenters. The molecular formula is C25H26ClN5O2S2. The van der Waals surface area contributed by atoms with Gasteiger partial charge in [-0.3, -0.25) is 9.36 Å². The van der Waals surface area contributed by atoms with Crippen LogP contribution >= 0.6 is 34.7 Å². The molecule has 0 fully saturated rings. The number of hydrogen-bond donors (Lipinski definition) is 1. The highest BCUT2D eigenvalue weighted by atomic mass is 35.5. The first-order valence-electron chi connectivity index (χ1n) is 11.5. The van der Waals surface area contributed by atoms with Gasteiger partial charge in [0.15, 0.2) is 11.0 Å². The Balaban J connectivity index is 1.40. The number of aryl methyl sites for hydroxylation is 1. The number of thioether (sulfide) groups is 1. The Morgan fingerprint density at radius 3 is 2.77 bits per heavy atom. The van der Waals surface area contributed by atoms with Crippen LogP contribution in [-0.4, -0.2) is 26.4 Å². The number of ether oxygens (including phenoxy) is 1. The van der Waals surface area contributed by atoms with Crippen LogP contribution in [0.5, 0.6) is 5.75 Å². The molecule has 1 aromatic carbocycles. The van der Waals surface area contributed by atoms with Crippen molar-refractivity contribution < 1.29 is 9.53 Å². The summed E-state index contributed by atoms with van der Waals surface area (Å²) in [5.74, 6) is 1.29. The summed E-state index contributed by atoms with van der Waals surface area (Å²) >= 11 is 8.76. The molecule has 7 nitrogen and oxygen atoms in total. The molecule has 3 aromatic rings. The van der Waals surface area contributed by atoms with E-state index >= 15 is 0 Å². The lowest BCUT2D eigenvalue weighted by Gasteiger charge is -2.09. The monoisotopic (exact) mass is 527 g/mol. The molecule has 0 bridgehead atoms. The topological polar surface area (TPSA) is 92.8 Å². The fraction of sp³-hybridized carbons (Fsp3) is 0.360. The molecule has 0 aliphatic heterocycles. The van der Waals surface area contributed by atoms with Gasteiger partial charge in [-0.1, -0.05) is 42.3 Å². The fourth-order valence-corrected chi connectivity index (χ4v) is 6.09. The van der Waals surface area contributed by atoms with Gasteiger partial charge in [0, 0.05) is 16.4 Å². The van der Waals surface area contributed by atoms with Crippen molar-refractivity contribution in [2.24, 2.45) is 0 Å². The van der Waals surface area contributed by atoms with E-state index in [4.69, 9.17) is 16.3 Å². The van der Waals surface area contributed by atoms with Gasteiger partial charge in [0.05, 0.1) is 11.3 Å². The average molecular weight is 528 g/mol. The van der Waals surface area contributed by atoms with Crippen LogP contribution in [0, 0.1) is 11.3 Å². The lowest BCUT2D eigenvalue weighted by atomic mass is 9.97. The highest BCUT2D eigenvalue weighted by Crippen LogP contribution is 2.36. The van der Waals surface area contributed by atoms with Crippen LogP contribution in [0.2, 0.25) is 5.02 Å². The van der Waals surface area contributed by atoms with E-state index in [1.54, 1.807) is 41.7 Å². The van der Waals surface area contributed by atoms with Gasteiger partial charge in [0.2, 0.25) is 5.91 Å². The summed E-state index contributed by atoms with van der Waals surface area (Å²) in [7, 11) is 0. The minimum atomic E-state index is -0.173. The summed E-state index contributed by atoms with van der Waals surface area (Å²) in [6, 6.07) is 9.42. The summed E-state index contributed by atoms with van der Waals surface area (Å²) in [5, 5.41) is 23.1. The first-order valence-corrected chi connectivity index (χ1v) is 13.7. The van der Waals surface area contributed by atoms with Crippen LogP contribution in [0.25, 0.3) is 0 Å². The van der Waals surface area contributed by atoms with Gasteiger partial charge in [-0.15, -0.1) is 28.1 Å². The van der Waals surface area contributed by atoms with Crippen molar-refractivity contribution in [1.29, 1.82) is 5.26 Å². The highest BCUT2D eigenvalue weighted by Gasteiger charge is 2.21. The standard InChI is InChI=1S/C25H26ClN5O2S2/c1-2-13-31-22(15-33-18-11-9-17(26)10-12-18)29-30-25(31)34-16-23(32)28-24-20(14-27)19-7-5-3-4-6-8-21(19)35-24/h2,9-12H,1,3-8,13,15-16H2,(H,28,32). The normalized spacial score (nSPS) is 13.3. The molecule has 2 aromatic heterocycles. The van der Waals surface area contributed by atoms with Crippen molar-refractivity contribution in [2.75, 3.05) is 11.1 Å². The van der Waals surface area contributed by atoms with Gasteiger partial charge >= 0.3 is 0 Å². The molecule has 10 heteroatoms. The van der Waals surface area contributed by atoms with E-state index in [1.807, 2.05) is 4.57 Å². The van der Waals surface area contributed by atoms with Crippen molar-refractivity contribution in [3.05, 3.63) is 63.8 Å². The maximum absolute atomic E-state index is 12.8. The fourth-order valence-electron chi connectivity index (χ4n) is 3.94. The minimum Gasteiger partial charge on any atom is -0.486 e. The Hall–Kier alpha value is -2.80. The number of thiophene rings is 1. The number of rotatable bonds is 9. The number of nitriles is 1. The Bertz CT molecular complexity index is 1230. The van der Waals surface area contributed by atoms with Crippen molar-refractivity contribution >= 4 is 45.6 Å². The van der Waals surface area contributed by atoms with E-state index in [1.165, 1.54) is 29.5 Å². The summed E-state index contributed by atoms with van der Waals surface area (Å²) in [6.07, 6.45) is 8.26. The molecule has 1 amide bonds. The van der Waals surface area contributed by atoms with Crippen molar-refractivity contribution in [3.8, 4) is 11.8 Å². The van der Waals surface area contributed by atoms with Gasteiger partial charge in [0.1, 0.15) is 23.4 Å². The number of benzene rings is 1. The number of hydrogen-bond acceptors (Lipinski definition) is 7. The molecule has 1 N–H and O–H groups in total. The molecular weight excluding hydrogens is 502 g/mol. The molecule has 0 radical (unpaired) electrons. The molecule has 1 aliphatic rings. The molecule has 4 rings (SSSR count). The number of fused-ring (bicyclic) bond motifs is 1. The largest absolute Gasteiger partial charge is 0.486 e. The lowest BCUT2D eigenvalue weighted by molar-refractivity contribution is -0.113. The first-order chi connectivity index (χ1) is 17.1. The predicted molar refractivity (Wildman–Crippen MR) is 140 cm³/mol. The second-order valence-corrected chi connectivity index (χ2v) is 10.6. The molecule has 2 heterocycles. The third kappa shape index (κ3) is 6.45. The smallest absolute Gasteiger partial charge is 0.235 e. The van der Waals surface area contributed by atoms with Gasteiger partial charge in [-0.2, -0.15) is 5.26 Å². The maximum Gasteiger partial charge on any atom is 0.235 e. The van der Waals surface area contributed by atoms with E-state index in [-0.39, 0.29) is 18.3 Å². The Morgan fingerprint density at radius 1 is 1.26 bits per heavy atom. The van der Waals surface area contributed by atoms with Crippen LogP contribution in [-0.2, 0) is 30.8 Å². The van der Waals surface area contributed by atoms with E-state index in [2.05, 4.69) is 28.2 Å². The molecule has 0 saturated heterocycles. The number of halogens is 1. The van der Waals surface area contributed by atoms with Crippen molar-refractivity contribution in [1.82, 2.24) is 14.8 Å². The zero-order valence-electron chi connectivity index (χ0n) is 19.3. The van der Waals surface area contributed by atoms with Gasteiger partial charge < -0.3 is 10.1 Å². The average Bonchev–Trinajstić information content (AvgIpc) is 3.37. The van der Waals surface area contributed by atoms with E-state index < -0.39 is 0 Å². The number of carbonyl (C=O) groups excluding carboxylic acids is 1. The third-order valence-corrected chi connectivity index (χ3v) is 8.08. The van der Waals surface area contributed by atoms with Crippen LogP contribution in [0.3, 0.4) is 0 Å². The zero-order valence-corrected chi connectivity index (χ0v) is 21.6. The van der Waals surface area contributed by atoms with Crippen LogP contribution in [0.15, 0.2) is 42.1 Å². The van der Waals surface area contributed by atoms with Gasteiger partial charge in [-0.05, 0) is 55.5 Å². The summed E-state index contributed by atoms with van der Waals surface area (Å²) in [6.45, 7) is 4.53. The van der Waals surface area contributed by atoms with Crippen LogP contribution in [0.1, 0.15) is 47.5 Å². The Kier molecular flexibility index (Phi) is 8.85. The SMILES string of the molecule is C=CCn1c(COc2ccc(Cl)cc2)nnc1SCC(=O)Nc1sc2c(c1C#N)CCCCCC2. The number of nitrogens with one attached hydrogen (secondary N) is 1. The Morgan fingerprint density at radius 2 is 2.03 bits per heavy atom. The van der Waals surface area contributed by atoms with Crippen molar-refractivity contribution in [2.45, 2.75) is 56.8 Å². The molecule has 35 heavy (non-hydrogen) atoms. The van der Waals surface area contributed by atoms with E-state index in [0.717, 1.165) is 31.2 Å². The molecule has 0 unspecified atom stereocenters. The van der Waals surface area contributed by atoms with E-state index in [0.29, 0.717) is 38.9 Å². The lowest BCUT2D eigenvalue weighted by Crippen LogP contribution is -2.15. The number of amides is 1. The number of carbonyl (C=O) groups is 1. The number of anilines is 1. The number of aromatic nitrogens is 3. The zero-order chi connectivity index (χ0) is 24.6. The Labute approximate surface area is 218 Å². The highest BCUT2D eigenvalue weighted by molar-refractivity contribution is 7.99. The third-order valence-electron chi connectivity index (χ3n) is 5.66. The summed E-state index contributed by atoms with van der Waals surface area (Å²) < 4.78 is 7.67. The first kappa shape index (κ1) is 25.3. The molecule has 182 valence electrons. The molecule has 0 spiro atoms. The number of allylic oxidation sites excluding steroid dienone is 1. The van der Waals surface area contributed by atoms with Crippen molar-refractivity contribution in [3.63, 3.8) is 0 Å². The van der Waals surface area contributed by atoms with Gasteiger partial charge in [0.25, 0.3) is 0 Å². The van der Waals surface area contributed by atoms with Crippen LogP contribution in [0.4, 0.5) is 5.00 Å².